The number of amides is 2. The van der Waals surface area contributed by atoms with E-state index < -0.39 is 11.7 Å². The fraction of sp³-hybridized carbons (Fsp3) is 0.455. The van der Waals surface area contributed by atoms with Gasteiger partial charge in [-0.25, -0.2) is 9.97 Å². The summed E-state index contributed by atoms with van der Waals surface area (Å²) >= 11 is 0. The van der Waals surface area contributed by atoms with Crippen LogP contribution in [0.2, 0.25) is 0 Å². The molecule has 0 spiro atoms. The van der Waals surface area contributed by atoms with Gasteiger partial charge in [0.15, 0.2) is 0 Å². The van der Waals surface area contributed by atoms with E-state index in [0.29, 0.717) is 29.6 Å². The van der Waals surface area contributed by atoms with Crippen molar-refractivity contribution in [2.45, 2.75) is 51.2 Å². The van der Waals surface area contributed by atoms with Crippen LogP contribution in [0, 0.1) is 0 Å². The molecule has 46 heavy (non-hydrogen) atoms. The van der Waals surface area contributed by atoms with Crippen LogP contribution in [-0.4, -0.2) is 84.0 Å². The number of nitrogens with zero attached hydrogens (tertiary/aromatic N) is 5. The van der Waals surface area contributed by atoms with Gasteiger partial charge in [0.1, 0.15) is 5.75 Å². The van der Waals surface area contributed by atoms with E-state index in [0.717, 1.165) is 75.1 Å². The van der Waals surface area contributed by atoms with Gasteiger partial charge in [0, 0.05) is 75.9 Å². The minimum Gasteiger partial charge on any atom is -0.494 e. The van der Waals surface area contributed by atoms with E-state index in [1.807, 2.05) is 29.2 Å². The lowest BCUT2D eigenvalue weighted by Gasteiger charge is -2.43. The molecule has 4 heterocycles. The van der Waals surface area contributed by atoms with Crippen LogP contribution >= 0.6 is 0 Å². The molecule has 244 valence electrons. The van der Waals surface area contributed by atoms with Gasteiger partial charge in [-0.15, -0.1) is 0 Å². The molecule has 0 bridgehead atoms. The zero-order chi connectivity index (χ0) is 32.4. The van der Waals surface area contributed by atoms with Gasteiger partial charge in [-0.1, -0.05) is 12.1 Å². The minimum absolute atomic E-state index is 0.0229. The average molecular weight is 638 g/mol. The Bertz CT molecular complexity index is 1600. The highest BCUT2D eigenvalue weighted by Crippen LogP contribution is 2.36. The number of carbonyl (C=O) groups excluding carboxylic acids is 2. The molecule has 1 aromatic heterocycles. The second-order valence-electron chi connectivity index (χ2n) is 12.0. The molecule has 3 aliphatic rings. The second kappa shape index (κ2) is 13.1. The summed E-state index contributed by atoms with van der Waals surface area (Å²) < 4.78 is 47.4. The fourth-order valence-corrected chi connectivity index (χ4v) is 6.70. The predicted molar refractivity (Wildman–Crippen MR) is 169 cm³/mol. The first-order chi connectivity index (χ1) is 22.1. The van der Waals surface area contributed by atoms with Gasteiger partial charge < -0.3 is 25.2 Å². The summed E-state index contributed by atoms with van der Waals surface area (Å²) in [6, 6.07) is 11.6. The SMILES string of the molecule is COc1cc(N2CCC(N3CCN(C(C)=O)CC3)CC2)ccc1Nc1ncc(C(F)(F)F)c(CCc2cccc3c2CC(=O)N3)n1. The van der Waals surface area contributed by atoms with Crippen LogP contribution in [0.15, 0.2) is 42.6 Å². The van der Waals surface area contributed by atoms with E-state index in [4.69, 9.17) is 4.74 Å². The van der Waals surface area contributed by atoms with Gasteiger partial charge >= 0.3 is 6.18 Å². The van der Waals surface area contributed by atoms with E-state index >= 15 is 0 Å². The number of aromatic nitrogens is 2. The molecule has 10 nitrogen and oxygen atoms in total. The molecular formula is C33H38F3N7O3. The number of piperazine rings is 1. The number of benzene rings is 2. The van der Waals surface area contributed by atoms with Crippen molar-refractivity contribution in [1.82, 2.24) is 19.8 Å². The van der Waals surface area contributed by atoms with Crippen LogP contribution < -0.4 is 20.3 Å². The molecule has 2 saturated heterocycles. The third-order valence-electron chi connectivity index (χ3n) is 9.23. The van der Waals surface area contributed by atoms with Crippen molar-refractivity contribution in [3.05, 3.63) is 65.0 Å². The topological polar surface area (TPSA) is 103 Å². The first-order valence-corrected chi connectivity index (χ1v) is 15.6. The number of methoxy groups -OCH3 is 1. The quantitative estimate of drug-likeness (QED) is 0.368. The third-order valence-corrected chi connectivity index (χ3v) is 9.23. The maximum Gasteiger partial charge on any atom is 0.419 e. The number of alkyl halides is 3. The van der Waals surface area contributed by atoms with E-state index in [1.165, 1.54) is 0 Å². The van der Waals surface area contributed by atoms with Gasteiger partial charge in [-0.05, 0) is 55.0 Å². The highest BCUT2D eigenvalue weighted by atomic mass is 19.4. The number of nitrogens with one attached hydrogen (secondary N) is 2. The van der Waals surface area contributed by atoms with Crippen LogP contribution in [0.3, 0.4) is 0 Å². The second-order valence-corrected chi connectivity index (χ2v) is 12.0. The number of fused-ring (bicyclic) bond motifs is 1. The van der Waals surface area contributed by atoms with E-state index in [-0.39, 0.29) is 36.3 Å². The Hall–Kier alpha value is -4.39. The lowest BCUT2D eigenvalue weighted by atomic mass is 9.98. The van der Waals surface area contributed by atoms with E-state index in [9.17, 15) is 22.8 Å². The van der Waals surface area contributed by atoms with Gasteiger partial charge in [0.05, 0.1) is 30.5 Å². The highest BCUT2D eigenvalue weighted by molar-refractivity contribution is 5.99. The molecule has 6 rings (SSSR count). The smallest absolute Gasteiger partial charge is 0.419 e. The molecule has 3 aliphatic heterocycles. The number of carbonyl (C=O) groups is 2. The van der Waals surface area contributed by atoms with Crippen LogP contribution in [0.25, 0.3) is 0 Å². The molecule has 3 aromatic rings. The van der Waals surface area contributed by atoms with Crippen LogP contribution in [0.5, 0.6) is 5.75 Å². The largest absolute Gasteiger partial charge is 0.494 e. The Morgan fingerprint density at radius 2 is 1.83 bits per heavy atom. The monoisotopic (exact) mass is 637 g/mol. The Morgan fingerprint density at radius 3 is 2.52 bits per heavy atom. The number of halogens is 3. The van der Waals surface area contributed by atoms with Crippen molar-refractivity contribution >= 4 is 34.8 Å². The average Bonchev–Trinajstić information content (AvgIpc) is 3.44. The molecule has 2 fully saturated rings. The summed E-state index contributed by atoms with van der Waals surface area (Å²) in [5, 5.41) is 5.84. The number of ether oxygens (including phenoxy) is 1. The van der Waals surface area contributed by atoms with Crippen molar-refractivity contribution < 1.29 is 27.5 Å². The van der Waals surface area contributed by atoms with Gasteiger partial charge in [0.2, 0.25) is 17.8 Å². The van der Waals surface area contributed by atoms with Crippen LogP contribution in [0.4, 0.5) is 36.2 Å². The summed E-state index contributed by atoms with van der Waals surface area (Å²) in [6.45, 7) is 6.75. The lowest BCUT2D eigenvalue weighted by Crippen LogP contribution is -2.54. The number of aryl methyl sites for hydroxylation is 2. The molecule has 0 unspecified atom stereocenters. The van der Waals surface area contributed by atoms with E-state index in [1.54, 1.807) is 26.2 Å². The number of piperidine rings is 1. The standard InChI is InChI=1S/C33H38F3N7O3/c1-21(44)41-14-16-43(17-15-41)23-10-12-42(13-11-23)24-7-9-29(30(18-24)46-2)40-32-37-20-26(33(34,35)36)28(39-32)8-6-22-4-3-5-27-25(22)19-31(45)38-27/h3-5,7,9,18,20,23H,6,8,10-17,19H2,1-2H3,(H,38,45)(H,37,39,40). The molecular weight excluding hydrogens is 599 g/mol. The molecule has 0 radical (unpaired) electrons. The van der Waals surface area contributed by atoms with Crippen LogP contribution in [-0.2, 0) is 35.0 Å². The molecule has 0 saturated carbocycles. The van der Waals surface area contributed by atoms with Crippen molar-refractivity contribution in [2.75, 3.05) is 61.9 Å². The Balaban J connectivity index is 1.13. The molecule has 0 atom stereocenters. The highest BCUT2D eigenvalue weighted by Gasteiger charge is 2.35. The molecule has 2 aromatic carbocycles. The predicted octanol–water partition coefficient (Wildman–Crippen LogP) is 4.66. The first kappa shape index (κ1) is 31.6. The number of anilines is 4. The Kier molecular flexibility index (Phi) is 9.03. The number of hydrogen-bond donors (Lipinski definition) is 2. The lowest BCUT2D eigenvalue weighted by molar-refractivity contribution is -0.138. The first-order valence-electron chi connectivity index (χ1n) is 15.6. The molecule has 0 aliphatic carbocycles. The van der Waals surface area contributed by atoms with Gasteiger partial charge in [0.25, 0.3) is 0 Å². The maximum atomic E-state index is 13.9. The molecule has 2 amide bonds. The third kappa shape index (κ3) is 6.88. The van der Waals surface area contributed by atoms with E-state index in [2.05, 4.69) is 30.4 Å². The van der Waals surface area contributed by atoms with Crippen molar-refractivity contribution in [1.29, 1.82) is 0 Å². The minimum atomic E-state index is -4.61. The normalized spacial score (nSPS) is 17.5. The Morgan fingerprint density at radius 1 is 1.07 bits per heavy atom. The summed E-state index contributed by atoms with van der Waals surface area (Å²) in [7, 11) is 1.55. The van der Waals surface area contributed by atoms with Gasteiger partial charge in [-0.3, -0.25) is 14.5 Å². The molecule has 2 N–H and O–H groups in total. The summed E-state index contributed by atoms with van der Waals surface area (Å²) in [4.78, 5) is 38.5. The van der Waals surface area contributed by atoms with Crippen molar-refractivity contribution in [3.63, 3.8) is 0 Å². The summed E-state index contributed by atoms with van der Waals surface area (Å²) in [5.74, 6) is 0.573. The zero-order valence-electron chi connectivity index (χ0n) is 26.0. The number of rotatable bonds is 8. The van der Waals surface area contributed by atoms with Gasteiger partial charge in [-0.2, -0.15) is 13.2 Å². The zero-order valence-corrected chi connectivity index (χ0v) is 26.0. The Labute approximate surface area is 265 Å². The summed E-state index contributed by atoms with van der Waals surface area (Å²) in [6.07, 6.45) is -1.24. The maximum absolute atomic E-state index is 13.9. The summed E-state index contributed by atoms with van der Waals surface area (Å²) in [5.41, 5.74) is 2.87. The molecule has 13 heteroatoms. The number of hydrogen-bond acceptors (Lipinski definition) is 8. The fourth-order valence-electron chi connectivity index (χ4n) is 6.70. The van der Waals surface area contributed by atoms with Crippen molar-refractivity contribution in [3.8, 4) is 5.75 Å². The van der Waals surface area contributed by atoms with Crippen molar-refractivity contribution in [2.24, 2.45) is 0 Å². The van der Waals surface area contributed by atoms with Crippen LogP contribution in [0.1, 0.15) is 42.1 Å².